The Bertz CT molecular complexity index is 1060. The van der Waals surface area contributed by atoms with Crippen molar-refractivity contribution in [2.75, 3.05) is 54.4 Å². The van der Waals surface area contributed by atoms with Gasteiger partial charge in [0, 0.05) is 50.9 Å². The van der Waals surface area contributed by atoms with E-state index >= 15 is 0 Å². The van der Waals surface area contributed by atoms with Gasteiger partial charge in [-0.05, 0) is 44.4 Å². The highest BCUT2D eigenvalue weighted by atomic mass is 16.3. The third-order valence-electron chi connectivity index (χ3n) is 6.12. The van der Waals surface area contributed by atoms with Gasteiger partial charge in [0.1, 0.15) is 11.3 Å². The number of piperazine rings is 1. The summed E-state index contributed by atoms with van der Waals surface area (Å²) < 4.78 is 0. The number of aliphatic hydroxyl groups excluding tert-OH is 1. The number of anilines is 4. The van der Waals surface area contributed by atoms with Crippen LogP contribution in [0.2, 0.25) is 0 Å². The van der Waals surface area contributed by atoms with Crippen LogP contribution < -0.4 is 20.4 Å². The average molecular weight is 435 g/mol. The van der Waals surface area contributed by atoms with E-state index in [0.29, 0.717) is 17.5 Å². The molecule has 9 heteroatoms. The van der Waals surface area contributed by atoms with Crippen LogP contribution in [0.15, 0.2) is 30.6 Å². The summed E-state index contributed by atoms with van der Waals surface area (Å²) in [6, 6.07) is 5.92. The number of nitrogens with zero attached hydrogens (tertiary/aromatic N) is 6. The Morgan fingerprint density at radius 1 is 0.969 bits per heavy atom. The number of aromatic nitrogens is 4. The Morgan fingerprint density at radius 2 is 1.78 bits per heavy atom. The molecule has 3 N–H and O–H groups in total. The fourth-order valence-corrected chi connectivity index (χ4v) is 4.33. The molecule has 0 spiro atoms. The van der Waals surface area contributed by atoms with Crippen molar-refractivity contribution >= 4 is 34.2 Å². The van der Waals surface area contributed by atoms with Crippen LogP contribution >= 0.6 is 0 Å². The third kappa shape index (κ3) is 4.44. The first-order chi connectivity index (χ1) is 15.7. The summed E-state index contributed by atoms with van der Waals surface area (Å²) in [5.41, 5.74) is 2.57. The second-order valence-corrected chi connectivity index (χ2v) is 8.49. The van der Waals surface area contributed by atoms with E-state index in [0.717, 1.165) is 74.5 Å². The van der Waals surface area contributed by atoms with Crippen molar-refractivity contribution in [1.29, 1.82) is 0 Å². The van der Waals surface area contributed by atoms with Gasteiger partial charge in [0.25, 0.3) is 0 Å². The number of hydrogen-bond donors (Lipinski definition) is 3. The fourth-order valence-electron chi connectivity index (χ4n) is 4.33. The van der Waals surface area contributed by atoms with Crippen molar-refractivity contribution in [3.63, 3.8) is 0 Å². The van der Waals surface area contributed by atoms with E-state index in [1.807, 2.05) is 18.3 Å². The second kappa shape index (κ2) is 9.22. The first kappa shape index (κ1) is 20.8. The largest absolute Gasteiger partial charge is 0.387 e. The standard InChI is InChI=1S/C23H30N8O/c1-16(32)19-13-17-14-26-23(29-21(17)22(27-19)31-9-3-2-4-10-31)28-20-6-5-18(15-25-20)30-11-7-24-8-12-30/h5-6,13-16,24,32H,2-4,7-12H2,1H3,(H,25,26,28,29). The van der Waals surface area contributed by atoms with Crippen molar-refractivity contribution in [2.24, 2.45) is 0 Å². The molecule has 2 saturated heterocycles. The number of rotatable bonds is 5. The normalized spacial score (nSPS) is 18.1. The van der Waals surface area contributed by atoms with Gasteiger partial charge in [0.05, 0.1) is 23.7 Å². The van der Waals surface area contributed by atoms with Gasteiger partial charge in [-0.15, -0.1) is 0 Å². The maximum Gasteiger partial charge on any atom is 0.229 e. The molecule has 9 nitrogen and oxygen atoms in total. The highest BCUT2D eigenvalue weighted by molar-refractivity contribution is 5.89. The van der Waals surface area contributed by atoms with Crippen molar-refractivity contribution in [1.82, 2.24) is 25.3 Å². The van der Waals surface area contributed by atoms with Crippen molar-refractivity contribution < 1.29 is 5.11 Å². The topological polar surface area (TPSA) is 102 Å². The molecule has 3 aromatic rings. The molecular weight excluding hydrogens is 404 g/mol. The van der Waals surface area contributed by atoms with E-state index in [4.69, 9.17) is 9.97 Å². The smallest absolute Gasteiger partial charge is 0.229 e. The molecule has 0 aliphatic carbocycles. The lowest BCUT2D eigenvalue weighted by Gasteiger charge is -2.29. The van der Waals surface area contributed by atoms with Gasteiger partial charge >= 0.3 is 0 Å². The Hall–Kier alpha value is -3.04. The molecule has 1 unspecified atom stereocenters. The lowest BCUT2D eigenvalue weighted by Crippen LogP contribution is -2.43. The van der Waals surface area contributed by atoms with E-state index < -0.39 is 6.10 Å². The molecule has 3 aromatic heterocycles. The summed E-state index contributed by atoms with van der Waals surface area (Å²) in [6.07, 6.45) is 6.56. The number of fused-ring (bicyclic) bond motifs is 1. The van der Waals surface area contributed by atoms with Crippen LogP contribution in [0.3, 0.4) is 0 Å². The zero-order chi connectivity index (χ0) is 21.9. The molecule has 2 aliphatic rings. The minimum absolute atomic E-state index is 0.491. The SMILES string of the molecule is CC(O)c1cc2cnc(Nc3ccc(N4CCNCC4)cn3)nc2c(N2CCCCC2)n1. The van der Waals surface area contributed by atoms with Crippen LogP contribution in [0, 0.1) is 0 Å². The van der Waals surface area contributed by atoms with Gasteiger partial charge in [-0.3, -0.25) is 0 Å². The summed E-state index contributed by atoms with van der Waals surface area (Å²) >= 11 is 0. The lowest BCUT2D eigenvalue weighted by atomic mass is 10.1. The van der Waals surface area contributed by atoms with E-state index in [2.05, 4.69) is 36.5 Å². The monoisotopic (exact) mass is 434 g/mol. The van der Waals surface area contributed by atoms with Gasteiger partial charge in [-0.1, -0.05) is 0 Å². The second-order valence-electron chi connectivity index (χ2n) is 8.49. The van der Waals surface area contributed by atoms with Crippen LogP contribution in [-0.2, 0) is 0 Å². The van der Waals surface area contributed by atoms with Crippen LogP contribution in [0.4, 0.5) is 23.3 Å². The molecule has 32 heavy (non-hydrogen) atoms. The maximum absolute atomic E-state index is 10.1. The summed E-state index contributed by atoms with van der Waals surface area (Å²) in [5.74, 6) is 2.02. The highest BCUT2D eigenvalue weighted by Gasteiger charge is 2.19. The Balaban J connectivity index is 1.42. The summed E-state index contributed by atoms with van der Waals surface area (Å²) in [6.45, 7) is 7.61. The fraction of sp³-hybridized carbons (Fsp3) is 0.478. The average Bonchev–Trinajstić information content (AvgIpc) is 2.85. The van der Waals surface area contributed by atoms with Crippen LogP contribution in [0.5, 0.6) is 0 Å². The Kier molecular flexibility index (Phi) is 6.00. The van der Waals surface area contributed by atoms with Crippen LogP contribution in [0.1, 0.15) is 38.0 Å². The van der Waals surface area contributed by atoms with Gasteiger partial charge in [0.15, 0.2) is 5.82 Å². The van der Waals surface area contributed by atoms with Gasteiger partial charge in [-0.25, -0.2) is 19.9 Å². The number of piperidine rings is 1. The summed E-state index contributed by atoms with van der Waals surface area (Å²) in [4.78, 5) is 23.2. The predicted octanol–water partition coefficient (Wildman–Crippen LogP) is 2.62. The number of aliphatic hydroxyl groups is 1. The van der Waals surface area contributed by atoms with E-state index in [-0.39, 0.29) is 0 Å². The molecule has 0 bridgehead atoms. The predicted molar refractivity (Wildman–Crippen MR) is 127 cm³/mol. The van der Waals surface area contributed by atoms with Crippen molar-refractivity contribution in [3.05, 3.63) is 36.3 Å². The van der Waals surface area contributed by atoms with Crippen LogP contribution in [-0.4, -0.2) is 64.3 Å². The maximum atomic E-state index is 10.1. The minimum atomic E-state index is -0.640. The zero-order valence-electron chi connectivity index (χ0n) is 18.5. The first-order valence-corrected chi connectivity index (χ1v) is 11.5. The molecule has 0 saturated carbocycles. The molecule has 0 radical (unpaired) electrons. The molecule has 5 rings (SSSR count). The number of hydrogen-bond acceptors (Lipinski definition) is 9. The molecule has 1 atom stereocenters. The lowest BCUT2D eigenvalue weighted by molar-refractivity contribution is 0.194. The van der Waals surface area contributed by atoms with Gasteiger partial charge < -0.3 is 25.5 Å². The van der Waals surface area contributed by atoms with E-state index in [1.54, 1.807) is 13.1 Å². The van der Waals surface area contributed by atoms with Crippen molar-refractivity contribution in [3.8, 4) is 0 Å². The molecular formula is C23H30N8O. The quantitative estimate of drug-likeness (QED) is 0.559. The first-order valence-electron chi connectivity index (χ1n) is 11.5. The highest BCUT2D eigenvalue weighted by Crippen LogP contribution is 2.29. The van der Waals surface area contributed by atoms with Gasteiger partial charge in [-0.2, -0.15) is 0 Å². The Morgan fingerprint density at radius 3 is 2.50 bits per heavy atom. The number of nitrogens with one attached hydrogen (secondary N) is 2. The molecule has 0 amide bonds. The van der Waals surface area contributed by atoms with Crippen molar-refractivity contribution in [2.45, 2.75) is 32.3 Å². The summed E-state index contributed by atoms with van der Waals surface area (Å²) in [5, 5.41) is 17.6. The van der Waals surface area contributed by atoms with Gasteiger partial charge in [0.2, 0.25) is 5.95 Å². The molecule has 5 heterocycles. The zero-order valence-corrected chi connectivity index (χ0v) is 18.5. The molecule has 0 aromatic carbocycles. The van der Waals surface area contributed by atoms with E-state index in [9.17, 15) is 5.11 Å². The van der Waals surface area contributed by atoms with E-state index in [1.165, 1.54) is 6.42 Å². The summed E-state index contributed by atoms with van der Waals surface area (Å²) in [7, 11) is 0. The van der Waals surface area contributed by atoms with Crippen LogP contribution in [0.25, 0.3) is 10.9 Å². The molecule has 2 aliphatic heterocycles. The molecule has 2 fully saturated rings. The molecule has 168 valence electrons. The Labute approximate surface area is 187 Å². The number of pyridine rings is 2. The minimum Gasteiger partial charge on any atom is -0.387 e. The third-order valence-corrected chi connectivity index (χ3v) is 6.12.